The summed E-state index contributed by atoms with van der Waals surface area (Å²) >= 11 is 3.24. The molecule has 4 aromatic heterocycles. The Morgan fingerprint density at radius 2 is 1.15 bits per heavy atom. The minimum atomic E-state index is -0.974. The van der Waals surface area contributed by atoms with E-state index in [1.54, 1.807) is 105 Å². The van der Waals surface area contributed by atoms with Gasteiger partial charge in [-0.05, 0) is 91.5 Å². The third-order valence-corrected chi connectivity index (χ3v) is 12.7. The molecule has 61 heavy (non-hydrogen) atoms. The van der Waals surface area contributed by atoms with Crippen molar-refractivity contribution < 1.29 is 24.9 Å². The zero-order valence-corrected chi connectivity index (χ0v) is 37.0. The third-order valence-electron chi connectivity index (χ3n) is 10.7. The molecule has 4 atom stereocenters. The number of piperidine rings is 2. The molecule has 15 heteroatoms. The van der Waals surface area contributed by atoms with Crippen LogP contribution in [0.25, 0.3) is 22.8 Å². The molecule has 6 aromatic rings. The lowest BCUT2D eigenvalue weighted by atomic mass is 9.92. The van der Waals surface area contributed by atoms with Crippen LogP contribution in [0.2, 0.25) is 0 Å². The number of nitrogens with one attached hydrogen (secondary N) is 1. The smallest absolute Gasteiger partial charge is 0.336 e. The highest BCUT2D eigenvalue weighted by atomic mass is 32.1. The molecule has 1 amide bonds. The molecule has 8 rings (SSSR count). The van der Waals surface area contributed by atoms with Gasteiger partial charge in [-0.3, -0.25) is 4.79 Å². The fourth-order valence-corrected chi connectivity index (χ4v) is 9.30. The van der Waals surface area contributed by atoms with Crippen molar-refractivity contribution >= 4 is 34.6 Å². The molecular formula is C46H54N8O5S2. The quantitative estimate of drug-likeness (QED) is 0.115. The third kappa shape index (κ3) is 11.7. The van der Waals surface area contributed by atoms with E-state index in [1.807, 2.05) is 39.9 Å². The molecule has 0 unspecified atom stereocenters. The number of likely N-dealkylation sites (tertiary alicyclic amines) is 1. The summed E-state index contributed by atoms with van der Waals surface area (Å²) in [5, 5.41) is 38.6. The molecule has 4 N–H and O–H groups in total. The number of amides is 1. The molecule has 0 bridgehead atoms. The Balaban J connectivity index is 0.000000169. The van der Waals surface area contributed by atoms with Crippen molar-refractivity contribution in [1.29, 1.82) is 0 Å². The normalized spacial score (nSPS) is 19.2. The number of carbonyl (C=O) groups is 2. The van der Waals surface area contributed by atoms with E-state index in [-0.39, 0.29) is 23.4 Å². The molecular weight excluding hydrogens is 809 g/mol. The van der Waals surface area contributed by atoms with Gasteiger partial charge in [0.15, 0.2) is 11.6 Å². The van der Waals surface area contributed by atoms with Gasteiger partial charge in [-0.25, -0.2) is 34.7 Å². The lowest BCUT2D eigenvalue weighted by molar-refractivity contribution is 0.0605. The number of benzene rings is 2. The molecule has 0 radical (unpaired) electrons. The number of thiazole rings is 2. The van der Waals surface area contributed by atoms with Gasteiger partial charge >= 0.3 is 5.97 Å². The van der Waals surface area contributed by atoms with Crippen LogP contribution in [0.1, 0.15) is 121 Å². The summed E-state index contributed by atoms with van der Waals surface area (Å²) in [7, 11) is 0. The highest BCUT2D eigenvalue weighted by Crippen LogP contribution is 2.35. The summed E-state index contributed by atoms with van der Waals surface area (Å²) in [4.78, 5) is 52.4. The van der Waals surface area contributed by atoms with Crippen molar-refractivity contribution in [3.63, 3.8) is 0 Å². The van der Waals surface area contributed by atoms with E-state index in [2.05, 4.69) is 49.1 Å². The van der Waals surface area contributed by atoms with Crippen LogP contribution >= 0.6 is 22.7 Å². The Hall–Kier alpha value is -5.32. The molecule has 320 valence electrons. The van der Waals surface area contributed by atoms with Crippen molar-refractivity contribution in [2.75, 3.05) is 13.1 Å². The lowest BCUT2D eigenvalue weighted by Crippen LogP contribution is -2.45. The van der Waals surface area contributed by atoms with Gasteiger partial charge in [0, 0.05) is 83.7 Å². The van der Waals surface area contributed by atoms with Gasteiger partial charge < -0.3 is 25.5 Å². The van der Waals surface area contributed by atoms with E-state index >= 15 is 0 Å². The maximum atomic E-state index is 13.6. The topological polar surface area (TPSA) is 187 Å². The van der Waals surface area contributed by atoms with Crippen LogP contribution in [0.4, 0.5) is 0 Å². The van der Waals surface area contributed by atoms with E-state index < -0.39 is 17.2 Å². The van der Waals surface area contributed by atoms with Gasteiger partial charge in [-0.1, -0.05) is 36.4 Å². The van der Waals surface area contributed by atoms with Crippen LogP contribution in [0.5, 0.6) is 0 Å². The summed E-state index contributed by atoms with van der Waals surface area (Å²) in [6.07, 6.45) is 10.8. The molecule has 13 nitrogen and oxygen atoms in total. The van der Waals surface area contributed by atoms with E-state index in [0.29, 0.717) is 47.0 Å². The van der Waals surface area contributed by atoms with Crippen molar-refractivity contribution in [1.82, 2.24) is 40.1 Å². The fourth-order valence-electron chi connectivity index (χ4n) is 7.07. The predicted octanol–water partition coefficient (Wildman–Crippen LogP) is 8.30. The van der Waals surface area contributed by atoms with Gasteiger partial charge in [0.25, 0.3) is 5.91 Å². The first-order valence-corrected chi connectivity index (χ1v) is 22.2. The van der Waals surface area contributed by atoms with Gasteiger partial charge in [-0.15, -0.1) is 22.7 Å². The average Bonchev–Trinajstić information content (AvgIpc) is 3.98. The largest absolute Gasteiger partial charge is 0.478 e. The van der Waals surface area contributed by atoms with Crippen molar-refractivity contribution in [2.45, 2.75) is 102 Å². The molecule has 0 saturated carbocycles. The first kappa shape index (κ1) is 45.2. The molecule has 2 aromatic carbocycles. The summed E-state index contributed by atoms with van der Waals surface area (Å²) in [5.74, 6) is 0.698. The standard InChI is InChI=1S/C23H26N4O2S.C12H20N2OS.C11H8N2O2/c1-15-9-10-16(21-26-19(14-30-21)23(2,3)29)13-27(15)22(28)18-8-5-4-7-17(18)20-24-11-6-12-25-20;1-8-4-5-9(6-13-8)11-14-10(7-16-11)12(2,3)15;14-11(15)9-5-2-1-4-8(9)10-12-6-3-7-13-10/h4-8,11-12,14-16,29H,9-10,13H2,1-3H3;7-9,13,15H,4-6H2,1-3H3;1-7H,(H,14,15)/t15-,16-;8-,9-;/m11./s1. The molecule has 0 spiro atoms. The van der Waals surface area contributed by atoms with E-state index in [9.17, 15) is 19.8 Å². The number of carboxylic acid groups (broad SMARTS) is 1. The van der Waals surface area contributed by atoms with Gasteiger partial charge in [0.05, 0.1) is 32.5 Å². The number of carboxylic acids is 1. The number of aromatic carboxylic acids is 1. The van der Waals surface area contributed by atoms with Gasteiger partial charge in [-0.2, -0.15) is 0 Å². The molecule has 0 aliphatic carbocycles. The van der Waals surface area contributed by atoms with E-state index in [4.69, 9.17) is 5.11 Å². The Kier molecular flexibility index (Phi) is 14.9. The first-order valence-electron chi connectivity index (χ1n) is 20.5. The van der Waals surface area contributed by atoms with Crippen molar-refractivity contribution in [3.05, 3.63) is 129 Å². The molecule has 2 fully saturated rings. The summed E-state index contributed by atoms with van der Waals surface area (Å²) in [6, 6.07) is 18.4. The van der Waals surface area contributed by atoms with Crippen molar-refractivity contribution in [3.8, 4) is 22.8 Å². The van der Waals surface area contributed by atoms with Crippen LogP contribution in [0, 0.1) is 0 Å². The fraction of sp³-hybridized carbons (Fsp3) is 0.391. The number of hydrogen-bond acceptors (Lipinski definition) is 13. The summed E-state index contributed by atoms with van der Waals surface area (Å²) < 4.78 is 0. The number of carbonyl (C=O) groups excluding carboxylic acids is 1. The van der Waals surface area contributed by atoms with Crippen molar-refractivity contribution in [2.24, 2.45) is 0 Å². The van der Waals surface area contributed by atoms with Crippen LogP contribution in [-0.2, 0) is 11.2 Å². The number of hydrogen-bond donors (Lipinski definition) is 4. The Morgan fingerprint density at radius 1 is 0.672 bits per heavy atom. The number of aromatic nitrogens is 6. The second-order valence-corrected chi connectivity index (χ2v) is 18.2. The molecule has 2 saturated heterocycles. The van der Waals surface area contributed by atoms with E-state index in [0.717, 1.165) is 40.7 Å². The number of nitrogens with zero attached hydrogens (tertiary/aromatic N) is 7. The van der Waals surface area contributed by atoms with E-state index in [1.165, 1.54) is 18.9 Å². The minimum absolute atomic E-state index is 0.00507. The maximum absolute atomic E-state index is 13.6. The molecule has 2 aliphatic heterocycles. The van der Waals surface area contributed by atoms with Crippen LogP contribution in [0.3, 0.4) is 0 Å². The number of aliphatic hydroxyl groups is 2. The molecule has 2 aliphatic rings. The second-order valence-electron chi connectivity index (χ2n) is 16.5. The van der Waals surface area contributed by atoms with Gasteiger partial charge in [0.2, 0.25) is 0 Å². The average molecular weight is 863 g/mol. The SMILES string of the molecule is C[C@@H]1CC[C@@H](c2nc(C(C)(C)O)cs2)CN1.C[C@@H]1CC[C@@H](c2nc(C(C)(C)O)cs2)CN1C(=O)c1ccccc1-c1ncccn1.O=C(O)c1ccccc1-c1ncccn1. The first-order chi connectivity index (χ1) is 29.1. The lowest BCUT2D eigenvalue weighted by Gasteiger charge is -2.37. The maximum Gasteiger partial charge on any atom is 0.336 e. The monoisotopic (exact) mass is 862 g/mol. The van der Waals surface area contributed by atoms with Gasteiger partial charge in [0.1, 0.15) is 11.2 Å². The second kappa shape index (κ2) is 20.0. The summed E-state index contributed by atoms with van der Waals surface area (Å²) in [6.45, 7) is 13.0. The predicted molar refractivity (Wildman–Crippen MR) is 239 cm³/mol. The Bertz CT molecular complexity index is 2350. The van der Waals surface area contributed by atoms with Crippen LogP contribution in [0.15, 0.2) is 96.2 Å². The highest BCUT2D eigenvalue weighted by molar-refractivity contribution is 7.10. The Labute approximate surface area is 365 Å². The van der Waals surface area contributed by atoms with Crippen LogP contribution in [-0.4, -0.2) is 87.2 Å². The minimum Gasteiger partial charge on any atom is -0.478 e. The highest BCUT2D eigenvalue weighted by Gasteiger charge is 2.34. The zero-order valence-electron chi connectivity index (χ0n) is 35.4. The van der Waals surface area contributed by atoms with Crippen LogP contribution < -0.4 is 5.32 Å². The summed E-state index contributed by atoms with van der Waals surface area (Å²) in [5.41, 5.74) is 1.82. The Morgan fingerprint density at radius 3 is 1.62 bits per heavy atom. The number of rotatable bonds is 8. The molecule has 6 heterocycles. The zero-order chi connectivity index (χ0) is 43.7.